The SMILES string of the molecule is O=c1c2c(nc3n1CCCCC3)sc1c(Sc3ccccc3)c(CO)ccc12. The minimum absolute atomic E-state index is 0.0255. The van der Waals surface area contributed by atoms with E-state index in [9.17, 15) is 9.90 Å². The minimum Gasteiger partial charge on any atom is -0.392 e. The van der Waals surface area contributed by atoms with Gasteiger partial charge in [-0.2, -0.15) is 0 Å². The molecule has 0 bridgehead atoms. The predicted octanol–water partition coefficient (Wildman–Crippen LogP) is 4.98. The zero-order chi connectivity index (χ0) is 19.1. The Morgan fingerprint density at radius 3 is 2.79 bits per heavy atom. The molecule has 5 rings (SSSR count). The van der Waals surface area contributed by atoms with Gasteiger partial charge >= 0.3 is 0 Å². The zero-order valence-corrected chi connectivity index (χ0v) is 17.0. The molecule has 0 unspecified atom stereocenters. The quantitative estimate of drug-likeness (QED) is 0.519. The Labute approximate surface area is 170 Å². The maximum atomic E-state index is 13.3. The largest absolute Gasteiger partial charge is 0.392 e. The smallest absolute Gasteiger partial charge is 0.262 e. The molecule has 1 aliphatic heterocycles. The molecule has 4 nitrogen and oxygen atoms in total. The van der Waals surface area contributed by atoms with E-state index in [1.807, 2.05) is 34.9 Å². The highest BCUT2D eigenvalue weighted by Gasteiger charge is 2.20. The van der Waals surface area contributed by atoms with Crippen molar-refractivity contribution in [2.75, 3.05) is 0 Å². The maximum absolute atomic E-state index is 13.3. The van der Waals surface area contributed by atoms with Crippen molar-refractivity contribution >= 4 is 43.4 Å². The molecule has 0 radical (unpaired) electrons. The topological polar surface area (TPSA) is 55.1 Å². The average Bonchev–Trinajstić information content (AvgIpc) is 2.92. The summed E-state index contributed by atoms with van der Waals surface area (Å²) in [6, 6.07) is 14.1. The van der Waals surface area contributed by atoms with E-state index in [4.69, 9.17) is 4.98 Å². The zero-order valence-electron chi connectivity index (χ0n) is 15.4. The number of nitrogens with zero attached hydrogens (tertiary/aromatic N) is 2. The Balaban J connectivity index is 1.78. The van der Waals surface area contributed by atoms with Crippen LogP contribution in [0.1, 0.15) is 30.7 Å². The van der Waals surface area contributed by atoms with Crippen molar-refractivity contribution in [3.63, 3.8) is 0 Å². The Morgan fingerprint density at radius 1 is 1.11 bits per heavy atom. The van der Waals surface area contributed by atoms with Gasteiger partial charge in [0.15, 0.2) is 0 Å². The molecule has 0 fully saturated rings. The molecule has 0 aliphatic carbocycles. The van der Waals surface area contributed by atoms with E-state index >= 15 is 0 Å². The molecular weight excluding hydrogens is 388 g/mol. The summed E-state index contributed by atoms with van der Waals surface area (Å²) in [6.07, 6.45) is 4.14. The second kappa shape index (κ2) is 7.35. The molecule has 142 valence electrons. The van der Waals surface area contributed by atoms with Gasteiger partial charge in [0.25, 0.3) is 5.56 Å². The maximum Gasteiger partial charge on any atom is 0.262 e. The van der Waals surface area contributed by atoms with Crippen molar-refractivity contribution in [3.05, 3.63) is 64.2 Å². The Morgan fingerprint density at radius 2 is 1.96 bits per heavy atom. The van der Waals surface area contributed by atoms with Gasteiger partial charge in [-0.05, 0) is 30.5 Å². The molecule has 1 N–H and O–H groups in total. The fraction of sp³-hybridized carbons (Fsp3) is 0.273. The van der Waals surface area contributed by atoms with Crippen LogP contribution in [0.5, 0.6) is 0 Å². The van der Waals surface area contributed by atoms with Crippen LogP contribution in [0.15, 0.2) is 57.1 Å². The summed E-state index contributed by atoms with van der Waals surface area (Å²) >= 11 is 3.21. The predicted molar refractivity (Wildman–Crippen MR) is 115 cm³/mol. The number of rotatable bonds is 3. The van der Waals surface area contributed by atoms with Crippen molar-refractivity contribution in [1.82, 2.24) is 9.55 Å². The van der Waals surface area contributed by atoms with Gasteiger partial charge in [0.2, 0.25) is 0 Å². The van der Waals surface area contributed by atoms with Crippen LogP contribution in [0.4, 0.5) is 0 Å². The molecule has 2 aromatic carbocycles. The van der Waals surface area contributed by atoms with Gasteiger partial charge in [0.05, 0.1) is 16.7 Å². The van der Waals surface area contributed by atoms with Crippen LogP contribution in [0.3, 0.4) is 0 Å². The first-order valence-corrected chi connectivity index (χ1v) is 11.2. The lowest BCUT2D eigenvalue weighted by Gasteiger charge is -2.09. The summed E-state index contributed by atoms with van der Waals surface area (Å²) in [6.45, 7) is 0.733. The Kier molecular flexibility index (Phi) is 4.70. The number of aryl methyl sites for hydroxylation is 1. The lowest BCUT2D eigenvalue weighted by molar-refractivity contribution is 0.279. The lowest BCUT2D eigenvalue weighted by Crippen LogP contribution is -2.23. The third kappa shape index (κ3) is 2.96. The highest BCUT2D eigenvalue weighted by molar-refractivity contribution is 7.99. The van der Waals surface area contributed by atoms with Crippen LogP contribution >= 0.6 is 23.1 Å². The fourth-order valence-corrected chi connectivity index (χ4v) is 6.27. The molecule has 0 spiro atoms. The van der Waals surface area contributed by atoms with E-state index in [1.54, 1.807) is 23.1 Å². The van der Waals surface area contributed by atoms with E-state index in [2.05, 4.69) is 12.1 Å². The van der Waals surface area contributed by atoms with Crippen LogP contribution in [-0.2, 0) is 19.6 Å². The molecule has 2 aromatic heterocycles. The lowest BCUT2D eigenvalue weighted by atomic mass is 10.1. The van der Waals surface area contributed by atoms with Gasteiger partial charge in [-0.1, -0.05) is 48.5 Å². The second-order valence-electron chi connectivity index (χ2n) is 7.08. The third-order valence-corrected chi connectivity index (χ3v) is 7.72. The molecule has 0 saturated carbocycles. The number of benzene rings is 2. The highest BCUT2D eigenvalue weighted by Crippen LogP contribution is 2.42. The molecule has 0 amide bonds. The molecule has 1 aliphatic rings. The number of aliphatic hydroxyl groups excluding tert-OH is 1. The first-order valence-electron chi connectivity index (χ1n) is 9.58. The normalized spacial score (nSPS) is 14.3. The van der Waals surface area contributed by atoms with Gasteiger partial charge in [0, 0.05) is 28.1 Å². The monoisotopic (exact) mass is 408 g/mol. The van der Waals surface area contributed by atoms with Crippen LogP contribution in [0.25, 0.3) is 20.3 Å². The van der Waals surface area contributed by atoms with Gasteiger partial charge in [-0.25, -0.2) is 4.98 Å². The van der Waals surface area contributed by atoms with E-state index in [-0.39, 0.29) is 12.2 Å². The van der Waals surface area contributed by atoms with Gasteiger partial charge < -0.3 is 5.11 Å². The Hall–Kier alpha value is -2.15. The summed E-state index contributed by atoms with van der Waals surface area (Å²) in [4.78, 5) is 21.1. The Bertz CT molecular complexity index is 1230. The summed E-state index contributed by atoms with van der Waals surface area (Å²) in [5, 5.41) is 11.6. The first-order chi connectivity index (χ1) is 13.8. The van der Waals surface area contributed by atoms with Gasteiger partial charge in [-0.3, -0.25) is 9.36 Å². The van der Waals surface area contributed by atoms with Gasteiger partial charge in [0.1, 0.15) is 10.7 Å². The number of thiophene rings is 1. The summed E-state index contributed by atoms with van der Waals surface area (Å²) in [7, 11) is 0. The number of hydrogen-bond acceptors (Lipinski definition) is 5. The summed E-state index contributed by atoms with van der Waals surface area (Å²) in [5.74, 6) is 0.918. The second-order valence-corrected chi connectivity index (χ2v) is 9.16. The van der Waals surface area contributed by atoms with Crippen molar-refractivity contribution < 1.29 is 5.11 Å². The molecule has 0 atom stereocenters. The number of fused-ring (bicyclic) bond motifs is 4. The van der Waals surface area contributed by atoms with Crippen LogP contribution in [-0.4, -0.2) is 14.7 Å². The van der Waals surface area contributed by atoms with Crippen LogP contribution in [0, 0.1) is 0 Å². The number of aromatic nitrogens is 2. The molecule has 4 aromatic rings. The number of aliphatic hydroxyl groups is 1. The van der Waals surface area contributed by atoms with E-state index in [1.165, 1.54) is 0 Å². The van der Waals surface area contributed by atoms with Crippen molar-refractivity contribution in [3.8, 4) is 0 Å². The van der Waals surface area contributed by atoms with E-state index in [0.29, 0.717) is 0 Å². The van der Waals surface area contributed by atoms with Crippen LogP contribution < -0.4 is 5.56 Å². The fourth-order valence-electron chi connectivity index (χ4n) is 3.87. The van der Waals surface area contributed by atoms with Crippen molar-refractivity contribution in [2.24, 2.45) is 0 Å². The third-order valence-electron chi connectivity index (χ3n) is 5.29. The summed E-state index contributed by atoms with van der Waals surface area (Å²) in [5.41, 5.74) is 0.968. The average molecular weight is 409 g/mol. The van der Waals surface area contributed by atoms with Crippen LogP contribution in [0.2, 0.25) is 0 Å². The molecule has 6 heteroatoms. The molecular formula is C22H20N2O2S2. The standard InChI is InChI=1S/C22H20N2O2S2/c25-13-14-10-11-16-18-21(23-17-9-5-2-6-12-24(17)22(18)26)28-20(16)19(14)27-15-7-3-1-4-8-15/h1,3-4,7-8,10-11,25H,2,5-6,9,12-13H2. The van der Waals surface area contributed by atoms with Gasteiger partial charge in [-0.15, -0.1) is 11.3 Å². The van der Waals surface area contributed by atoms with E-state index < -0.39 is 0 Å². The molecule has 28 heavy (non-hydrogen) atoms. The first kappa shape index (κ1) is 17.9. The minimum atomic E-state index is -0.0255. The molecule has 0 saturated heterocycles. The number of hydrogen-bond donors (Lipinski definition) is 1. The highest BCUT2D eigenvalue weighted by atomic mass is 32.2. The molecule has 3 heterocycles. The van der Waals surface area contributed by atoms with E-state index in [0.717, 1.165) is 73.7 Å². The van der Waals surface area contributed by atoms with Crippen molar-refractivity contribution in [1.29, 1.82) is 0 Å². The van der Waals surface area contributed by atoms with Crippen molar-refractivity contribution in [2.45, 2.75) is 48.6 Å². The summed E-state index contributed by atoms with van der Waals surface area (Å²) < 4.78 is 2.92.